The van der Waals surface area contributed by atoms with Gasteiger partial charge in [-0.2, -0.15) is 0 Å². The van der Waals surface area contributed by atoms with Crippen LogP contribution in [0.4, 0.5) is 0 Å². The molecule has 0 heterocycles. The van der Waals surface area contributed by atoms with E-state index in [0.717, 1.165) is 5.92 Å². The lowest BCUT2D eigenvalue weighted by atomic mass is 10.0. The molecular formula is C18H36. The van der Waals surface area contributed by atoms with E-state index in [9.17, 15) is 0 Å². The van der Waals surface area contributed by atoms with Gasteiger partial charge in [0.05, 0.1) is 0 Å². The van der Waals surface area contributed by atoms with Crippen LogP contribution in [0.5, 0.6) is 0 Å². The molecule has 0 fully saturated rings. The number of hydrogen-bond acceptors (Lipinski definition) is 0. The van der Waals surface area contributed by atoms with E-state index in [1.807, 2.05) is 0 Å². The van der Waals surface area contributed by atoms with Crippen LogP contribution in [0.2, 0.25) is 0 Å². The highest BCUT2D eigenvalue weighted by Crippen LogP contribution is 2.13. The Morgan fingerprint density at radius 2 is 1.28 bits per heavy atom. The molecule has 0 nitrogen and oxygen atoms in total. The summed E-state index contributed by atoms with van der Waals surface area (Å²) in [6, 6.07) is 0. The monoisotopic (exact) mass is 252 g/mol. The average molecular weight is 252 g/mol. The van der Waals surface area contributed by atoms with Crippen LogP contribution in [0, 0.1) is 5.92 Å². The Morgan fingerprint density at radius 1 is 0.722 bits per heavy atom. The van der Waals surface area contributed by atoms with Crippen molar-refractivity contribution in [2.75, 3.05) is 0 Å². The van der Waals surface area contributed by atoms with Gasteiger partial charge in [0.15, 0.2) is 0 Å². The van der Waals surface area contributed by atoms with E-state index in [4.69, 9.17) is 0 Å². The summed E-state index contributed by atoms with van der Waals surface area (Å²) in [4.78, 5) is 0. The summed E-state index contributed by atoms with van der Waals surface area (Å²) in [6.45, 7) is 6.93. The Bertz CT molecular complexity index is 169. The highest BCUT2D eigenvalue weighted by molar-refractivity contribution is 4.86. The lowest BCUT2D eigenvalue weighted by Gasteiger charge is -2.05. The molecule has 0 bridgehead atoms. The molecule has 0 aromatic rings. The number of allylic oxidation sites excluding steroid dienone is 2. The fourth-order valence-electron chi connectivity index (χ4n) is 2.36. The van der Waals surface area contributed by atoms with E-state index < -0.39 is 0 Å². The van der Waals surface area contributed by atoms with Crippen LogP contribution in [0.15, 0.2) is 12.2 Å². The summed E-state index contributed by atoms with van der Waals surface area (Å²) in [7, 11) is 0. The van der Waals surface area contributed by atoms with Crippen molar-refractivity contribution in [1.29, 1.82) is 0 Å². The van der Waals surface area contributed by atoms with Crippen LogP contribution in [0.25, 0.3) is 0 Å². The summed E-state index contributed by atoms with van der Waals surface area (Å²) >= 11 is 0. The third-order valence-electron chi connectivity index (χ3n) is 3.70. The summed E-state index contributed by atoms with van der Waals surface area (Å²) in [5, 5.41) is 0. The van der Waals surface area contributed by atoms with Gasteiger partial charge in [0.2, 0.25) is 0 Å². The summed E-state index contributed by atoms with van der Waals surface area (Å²) in [6.07, 6.45) is 21.6. The van der Waals surface area contributed by atoms with E-state index in [-0.39, 0.29) is 0 Å². The molecule has 0 aliphatic heterocycles. The van der Waals surface area contributed by atoms with E-state index in [0.29, 0.717) is 0 Å². The zero-order chi connectivity index (χ0) is 13.5. The lowest BCUT2D eigenvalue weighted by Crippen LogP contribution is -1.90. The minimum atomic E-state index is 0.794. The molecule has 0 aliphatic rings. The zero-order valence-electron chi connectivity index (χ0n) is 13.2. The Hall–Kier alpha value is -0.260. The highest BCUT2D eigenvalue weighted by atomic mass is 14.0. The van der Waals surface area contributed by atoms with Crippen molar-refractivity contribution in [3.63, 3.8) is 0 Å². The van der Waals surface area contributed by atoms with Crippen molar-refractivity contribution >= 4 is 0 Å². The molecule has 1 atom stereocenters. The lowest BCUT2D eigenvalue weighted by molar-refractivity contribution is 0.549. The van der Waals surface area contributed by atoms with Crippen molar-refractivity contribution in [3.05, 3.63) is 12.2 Å². The molecular weight excluding hydrogens is 216 g/mol. The Kier molecular flexibility index (Phi) is 14.6. The van der Waals surface area contributed by atoms with Gasteiger partial charge in [-0.05, 0) is 25.2 Å². The predicted octanol–water partition coefficient (Wildman–Crippen LogP) is 6.90. The van der Waals surface area contributed by atoms with Crippen molar-refractivity contribution in [2.45, 2.75) is 97.8 Å². The molecule has 0 N–H and O–H groups in total. The maximum absolute atomic E-state index is 2.44. The SMILES string of the molecule is CCCCCCC/C=C/C(C)CCCCCCC. The van der Waals surface area contributed by atoms with Crippen LogP contribution in [-0.4, -0.2) is 0 Å². The largest absolute Gasteiger partial charge is 0.0883 e. The van der Waals surface area contributed by atoms with E-state index in [1.54, 1.807) is 0 Å². The summed E-state index contributed by atoms with van der Waals surface area (Å²) in [5.74, 6) is 0.794. The van der Waals surface area contributed by atoms with Crippen molar-refractivity contribution in [3.8, 4) is 0 Å². The average Bonchev–Trinajstić information content (AvgIpc) is 2.37. The number of rotatable bonds is 13. The quantitative estimate of drug-likeness (QED) is 0.247. The normalized spacial score (nSPS) is 13.3. The molecule has 0 spiro atoms. The van der Waals surface area contributed by atoms with Crippen molar-refractivity contribution in [2.24, 2.45) is 5.92 Å². The molecule has 0 aromatic carbocycles. The maximum Gasteiger partial charge on any atom is -0.0262 e. The zero-order valence-corrected chi connectivity index (χ0v) is 13.2. The van der Waals surface area contributed by atoms with Gasteiger partial charge < -0.3 is 0 Å². The minimum Gasteiger partial charge on any atom is -0.0883 e. The first-order chi connectivity index (χ1) is 8.81. The van der Waals surface area contributed by atoms with Gasteiger partial charge in [0, 0.05) is 0 Å². The standard InChI is InChI=1S/C18H36/c1-4-6-8-10-11-13-15-17-18(3)16-14-12-9-7-5-2/h15,17-18H,4-14,16H2,1-3H3/b17-15+. The van der Waals surface area contributed by atoms with Gasteiger partial charge in [-0.3, -0.25) is 0 Å². The number of unbranched alkanes of at least 4 members (excludes halogenated alkanes) is 9. The molecule has 1 unspecified atom stereocenters. The molecule has 0 rings (SSSR count). The van der Waals surface area contributed by atoms with E-state index in [2.05, 4.69) is 32.9 Å². The van der Waals surface area contributed by atoms with Gasteiger partial charge in [0.25, 0.3) is 0 Å². The summed E-state index contributed by atoms with van der Waals surface area (Å²) < 4.78 is 0. The smallest absolute Gasteiger partial charge is 0.0262 e. The fourth-order valence-corrected chi connectivity index (χ4v) is 2.36. The topological polar surface area (TPSA) is 0 Å². The van der Waals surface area contributed by atoms with Gasteiger partial charge in [0.1, 0.15) is 0 Å². The molecule has 0 saturated carbocycles. The second kappa shape index (κ2) is 14.8. The molecule has 0 heteroatoms. The first kappa shape index (κ1) is 17.7. The van der Waals surface area contributed by atoms with Crippen LogP contribution >= 0.6 is 0 Å². The second-order valence-electron chi connectivity index (χ2n) is 5.81. The first-order valence-electron chi connectivity index (χ1n) is 8.47. The van der Waals surface area contributed by atoms with Crippen molar-refractivity contribution in [1.82, 2.24) is 0 Å². The Labute approximate surface area is 116 Å². The van der Waals surface area contributed by atoms with E-state index in [1.165, 1.54) is 77.0 Å². The third-order valence-corrected chi connectivity index (χ3v) is 3.70. The molecule has 0 saturated heterocycles. The predicted molar refractivity (Wildman–Crippen MR) is 85.1 cm³/mol. The highest BCUT2D eigenvalue weighted by Gasteiger charge is 1.96. The Balaban J connectivity index is 3.25. The number of hydrogen-bond donors (Lipinski definition) is 0. The van der Waals surface area contributed by atoms with Crippen molar-refractivity contribution < 1.29 is 0 Å². The van der Waals surface area contributed by atoms with Crippen LogP contribution in [0.1, 0.15) is 97.8 Å². The van der Waals surface area contributed by atoms with Crippen LogP contribution < -0.4 is 0 Å². The molecule has 0 aromatic heterocycles. The summed E-state index contributed by atoms with van der Waals surface area (Å²) in [5.41, 5.74) is 0. The van der Waals surface area contributed by atoms with Gasteiger partial charge >= 0.3 is 0 Å². The molecule has 0 aliphatic carbocycles. The van der Waals surface area contributed by atoms with Gasteiger partial charge in [-0.25, -0.2) is 0 Å². The molecule has 18 heavy (non-hydrogen) atoms. The van der Waals surface area contributed by atoms with Crippen LogP contribution in [-0.2, 0) is 0 Å². The molecule has 108 valence electrons. The van der Waals surface area contributed by atoms with Gasteiger partial charge in [-0.1, -0.05) is 90.7 Å². The maximum atomic E-state index is 2.44. The Morgan fingerprint density at radius 3 is 1.89 bits per heavy atom. The third kappa shape index (κ3) is 13.8. The first-order valence-corrected chi connectivity index (χ1v) is 8.47. The van der Waals surface area contributed by atoms with E-state index >= 15 is 0 Å². The second-order valence-corrected chi connectivity index (χ2v) is 5.81. The van der Waals surface area contributed by atoms with Crippen LogP contribution in [0.3, 0.4) is 0 Å². The van der Waals surface area contributed by atoms with Gasteiger partial charge in [-0.15, -0.1) is 0 Å². The molecule has 0 radical (unpaired) electrons. The fraction of sp³-hybridized carbons (Fsp3) is 0.889. The minimum absolute atomic E-state index is 0.794. The molecule has 0 amide bonds.